The molecule has 0 saturated heterocycles. The van der Waals surface area contributed by atoms with E-state index < -0.39 is 0 Å². The third-order valence-electron chi connectivity index (χ3n) is 2.50. The SMILES string of the molecule is C=C(C)CN(C)c1ccnc(C2CC2)n1. The van der Waals surface area contributed by atoms with Crippen molar-refractivity contribution in [1.29, 1.82) is 0 Å². The van der Waals surface area contributed by atoms with Crippen molar-refractivity contribution < 1.29 is 0 Å². The third-order valence-corrected chi connectivity index (χ3v) is 2.50. The number of anilines is 1. The largest absolute Gasteiger partial charge is 0.356 e. The van der Waals surface area contributed by atoms with Crippen molar-refractivity contribution in [3.8, 4) is 0 Å². The van der Waals surface area contributed by atoms with Gasteiger partial charge in [0.25, 0.3) is 0 Å². The predicted molar refractivity (Wildman–Crippen MR) is 62.1 cm³/mol. The first-order valence-electron chi connectivity index (χ1n) is 5.35. The summed E-state index contributed by atoms with van der Waals surface area (Å²) in [7, 11) is 2.04. The minimum Gasteiger partial charge on any atom is -0.356 e. The Bertz CT molecular complexity index is 369. The van der Waals surface area contributed by atoms with E-state index >= 15 is 0 Å². The Labute approximate surface area is 90.9 Å². The fraction of sp³-hybridized carbons (Fsp3) is 0.500. The van der Waals surface area contributed by atoms with Crippen molar-refractivity contribution in [2.45, 2.75) is 25.7 Å². The van der Waals surface area contributed by atoms with Crippen molar-refractivity contribution in [2.75, 3.05) is 18.5 Å². The van der Waals surface area contributed by atoms with E-state index in [1.54, 1.807) is 0 Å². The average Bonchev–Trinajstić information content (AvgIpc) is 3.00. The van der Waals surface area contributed by atoms with Gasteiger partial charge in [-0.2, -0.15) is 0 Å². The summed E-state index contributed by atoms with van der Waals surface area (Å²) >= 11 is 0. The number of hydrogen-bond donors (Lipinski definition) is 0. The molecule has 0 unspecified atom stereocenters. The molecule has 1 aliphatic rings. The predicted octanol–water partition coefficient (Wildman–Crippen LogP) is 2.37. The fourth-order valence-corrected chi connectivity index (χ4v) is 1.60. The normalized spacial score (nSPS) is 15.1. The molecule has 0 amide bonds. The Kier molecular flexibility index (Phi) is 2.71. The molecule has 1 heterocycles. The third kappa shape index (κ3) is 2.55. The number of nitrogens with zero attached hydrogens (tertiary/aromatic N) is 3. The molecule has 1 aliphatic carbocycles. The summed E-state index contributed by atoms with van der Waals surface area (Å²) in [6.45, 7) is 6.78. The van der Waals surface area contributed by atoms with Crippen LogP contribution < -0.4 is 4.90 Å². The summed E-state index contributed by atoms with van der Waals surface area (Å²) in [5.41, 5.74) is 1.14. The fourth-order valence-electron chi connectivity index (χ4n) is 1.60. The molecule has 0 radical (unpaired) electrons. The molecule has 0 bridgehead atoms. The Morgan fingerprint density at radius 3 is 2.93 bits per heavy atom. The Morgan fingerprint density at radius 1 is 1.60 bits per heavy atom. The van der Waals surface area contributed by atoms with Crippen LogP contribution in [-0.2, 0) is 0 Å². The van der Waals surface area contributed by atoms with Gasteiger partial charge in [-0.25, -0.2) is 9.97 Å². The molecule has 0 aromatic carbocycles. The second kappa shape index (κ2) is 4.01. The quantitative estimate of drug-likeness (QED) is 0.703. The maximum absolute atomic E-state index is 4.56. The average molecular weight is 203 g/mol. The highest BCUT2D eigenvalue weighted by Gasteiger charge is 2.26. The lowest BCUT2D eigenvalue weighted by Crippen LogP contribution is -2.20. The van der Waals surface area contributed by atoms with Gasteiger partial charge in [0.05, 0.1) is 0 Å². The van der Waals surface area contributed by atoms with E-state index in [1.807, 2.05) is 26.2 Å². The van der Waals surface area contributed by atoms with Crippen molar-refractivity contribution in [3.63, 3.8) is 0 Å². The molecule has 0 N–H and O–H groups in total. The summed E-state index contributed by atoms with van der Waals surface area (Å²) < 4.78 is 0. The van der Waals surface area contributed by atoms with E-state index in [4.69, 9.17) is 0 Å². The van der Waals surface area contributed by atoms with Gasteiger partial charge in [0.15, 0.2) is 0 Å². The summed E-state index contributed by atoms with van der Waals surface area (Å²) in [5, 5.41) is 0. The zero-order chi connectivity index (χ0) is 10.8. The zero-order valence-electron chi connectivity index (χ0n) is 9.40. The van der Waals surface area contributed by atoms with Crippen LogP contribution in [0.2, 0.25) is 0 Å². The summed E-state index contributed by atoms with van der Waals surface area (Å²) in [5.74, 6) is 2.61. The summed E-state index contributed by atoms with van der Waals surface area (Å²) in [6, 6.07) is 1.95. The first-order valence-corrected chi connectivity index (χ1v) is 5.35. The van der Waals surface area contributed by atoms with Gasteiger partial charge in [0, 0.05) is 25.7 Å². The van der Waals surface area contributed by atoms with Gasteiger partial charge in [-0.1, -0.05) is 12.2 Å². The van der Waals surface area contributed by atoms with E-state index in [2.05, 4.69) is 21.4 Å². The topological polar surface area (TPSA) is 29.0 Å². The van der Waals surface area contributed by atoms with Crippen molar-refractivity contribution in [1.82, 2.24) is 9.97 Å². The van der Waals surface area contributed by atoms with Crippen molar-refractivity contribution in [3.05, 3.63) is 30.2 Å². The van der Waals surface area contributed by atoms with Crippen LogP contribution in [0.5, 0.6) is 0 Å². The summed E-state index contributed by atoms with van der Waals surface area (Å²) in [4.78, 5) is 11.0. The summed E-state index contributed by atoms with van der Waals surface area (Å²) in [6.07, 6.45) is 4.34. The molecule has 1 fully saturated rings. The molecule has 1 aromatic heterocycles. The standard InChI is InChI=1S/C12H17N3/c1-9(2)8-15(3)11-6-7-13-12(14-11)10-4-5-10/h6-7,10H,1,4-5,8H2,2-3H3. The Balaban J connectivity index is 2.12. The Hall–Kier alpha value is -1.38. The molecule has 80 valence electrons. The molecule has 15 heavy (non-hydrogen) atoms. The lowest BCUT2D eigenvalue weighted by atomic mass is 10.3. The highest BCUT2D eigenvalue weighted by molar-refractivity contribution is 5.38. The number of aromatic nitrogens is 2. The van der Waals surface area contributed by atoms with Crippen molar-refractivity contribution >= 4 is 5.82 Å². The smallest absolute Gasteiger partial charge is 0.133 e. The van der Waals surface area contributed by atoms with E-state index in [1.165, 1.54) is 12.8 Å². The highest BCUT2D eigenvalue weighted by Crippen LogP contribution is 2.38. The molecule has 0 atom stereocenters. The van der Waals surface area contributed by atoms with Gasteiger partial charge >= 0.3 is 0 Å². The first-order chi connectivity index (χ1) is 7.16. The van der Waals surface area contributed by atoms with E-state index in [0.29, 0.717) is 5.92 Å². The highest BCUT2D eigenvalue weighted by atomic mass is 15.2. The van der Waals surface area contributed by atoms with Crippen LogP contribution in [-0.4, -0.2) is 23.6 Å². The van der Waals surface area contributed by atoms with E-state index in [9.17, 15) is 0 Å². The minimum atomic E-state index is 0.614. The maximum Gasteiger partial charge on any atom is 0.133 e. The van der Waals surface area contributed by atoms with Gasteiger partial charge in [-0.15, -0.1) is 0 Å². The lowest BCUT2D eigenvalue weighted by molar-refractivity contribution is 0.881. The minimum absolute atomic E-state index is 0.614. The molecule has 3 nitrogen and oxygen atoms in total. The second-order valence-corrected chi connectivity index (χ2v) is 4.36. The molecule has 0 aliphatic heterocycles. The van der Waals surface area contributed by atoms with Crippen LogP contribution in [0, 0.1) is 0 Å². The van der Waals surface area contributed by atoms with Crippen LogP contribution in [0.4, 0.5) is 5.82 Å². The maximum atomic E-state index is 4.56. The first kappa shape index (κ1) is 10.1. The number of likely N-dealkylation sites (N-methyl/N-ethyl adjacent to an activating group) is 1. The van der Waals surface area contributed by atoms with Crippen LogP contribution in [0.1, 0.15) is 31.5 Å². The lowest BCUT2D eigenvalue weighted by Gasteiger charge is -2.18. The van der Waals surface area contributed by atoms with Crippen LogP contribution in [0.3, 0.4) is 0 Å². The van der Waals surface area contributed by atoms with Gasteiger partial charge < -0.3 is 4.90 Å². The molecule has 1 aromatic rings. The molecule has 1 saturated carbocycles. The van der Waals surface area contributed by atoms with Crippen LogP contribution in [0.15, 0.2) is 24.4 Å². The van der Waals surface area contributed by atoms with Crippen molar-refractivity contribution in [2.24, 2.45) is 0 Å². The van der Waals surface area contributed by atoms with Crippen LogP contribution in [0.25, 0.3) is 0 Å². The molecule has 2 rings (SSSR count). The zero-order valence-corrected chi connectivity index (χ0v) is 9.40. The molecular formula is C12H17N3. The van der Waals surface area contributed by atoms with Gasteiger partial charge in [-0.05, 0) is 25.8 Å². The molecule has 3 heteroatoms. The second-order valence-electron chi connectivity index (χ2n) is 4.36. The van der Waals surface area contributed by atoms with Gasteiger partial charge in [0.2, 0.25) is 0 Å². The molecule has 0 spiro atoms. The van der Waals surface area contributed by atoms with Gasteiger partial charge in [0.1, 0.15) is 11.6 Å². The number of rotatable bonds is 4. The van der Waals surface area contributed by atoms with E-state index in [0.717, 1.165) is 23.8 Å². The molecular weight excluding hydrogens is 186 g/mol. The number of hydrogen-bond acceptors (Lipinski definition) is 3. The van der Waals surface area contributed by atoms with Gasteiger partial charge in [-0.3, -0.25) is 0 Å². The van der Waals surface area contributed by atoms with Crippen LogP contribution >= 0.6 is 0 Å². The monoisotopic (exact) mass is 203 g/mol. The Morgan fingerprint density at radius 2 is 2.33 bits per heavy atom. The van der Waals surface area contributed by atoms with E-state index in [-0.39, 0.29) is 0 Å².